The molecule has 0 unspecified atom stereocenters. The lowest BCUT2D eigenvalue weighted by Crippen LogP contribution is -2.40. The van der Waals surface area contributed by atoms with Crippen molar-refractivity contribution in [3.05, 3.63) is 41.9 Å². The Kier molecular flexibility index (Phi) is 7.48. The molecule has 1 aliphatic rings. The highest BCUT2D eigenvalue weighted by molar-refractivity contribution is 7.89. The van der Waals surface area contributed by atoms with Gasteiger partial charge in [0.15, 0.2) is 6.61 Å². The van der Waals surface area contributed by atoms with E-state index in [1.807, 2.05) is 10.8 Å². The van der Waals surface area contributed by atoms with Gasteiger partial charge < -0.3 is 19.4 Å². The summed E-state index contributed by atoms with van der Waals surface area (Å²) in [5, 5.41) is 3.02. The van der Waals surface area contributed by atoms with Crippen LogP contribution in [-0.2, 0) is 26.1 Å². The number of hydrogen-bond acceptors (Lipinski definition) is 6. The van der Waals surface area contributed by atoms with E-state index in [0.29, 0.717) is 19.8 Å². The van der Waals surface area contributed by atoms with Crippen LogP contribution in [-0.4, -0.2) is 67.6 Å². The number of amides is 1. The minimum absolute atomic E-state index is 0.0557. The maximum absolute atomic E-state index is 13.0. The van der Waals surface area contributed by atoms with Crippen molar-refractivity contribution in [1.29, 1.82) is 0 Å². The van der Waals surface area contributed by atoms with E-state index in [-0.39, 0.29) is 41.3 Å². The van der Waals surface area contributed by atoms with Crippen LogP contribution < -0.4 is 10.1 Å². The number of sulfonamides is 1. The van der Waals surface area contributed by atoms with Crippen molar-refractivity contribution in [2.24, 2.45) is 0 Å². The molecule has 0 saturated carbocycles. The Morgan fingerprint density at radius 3 is 2.83 bits per heavy atom. The molecule has 1 aromatic carbocycles. The molecule has 0 radical (unpaired) electrons. The Labute approximate surface area is 174 Å². The minimum Gasteiger partial charge on any atom is -0.482 e. The zero-order valence-electron chi connectivity index (χ0n) is 15.8. The third-order valence-electron chi connectivity index (χ3n) is 4.33. The second-order valence-corrected chi connectivity index (χ2v) is 8.74. The minimum atomic E-state index is -3.81. The molecule has 158 valence electrons. The van der Waals surface area contributed by atoms with Crippen LogP contribution in [0.4, 0.5) is 0 Å². The number of aryl methyl sites for hydroxylation is 1. The van der Waals surface area contributed by atoms with Crippen molar-refractivity contribution in [3.8, 4) is 5.75 Å². The zero-order valence-corrected chi connectivity index (χ0v) is 17.4. The molecule has 1 amide bonds. The molecule has 29 heavy (non-hydrogen) atoms. The number of morpholine rings is 1. The second-order valence-electron chi connectivity index (χ2n) is 6.40. The SMILES string of the molecule is O=C(COc1ccc(Cl)cc1S(=O)(=O)N1CCOCC1)NCCCn1ccnc1. The number of aromatic nitrogens is 2. The van der Waals surface area contributed by atoms with Gasteiger partial charge >= 0.3 is 0 Å². The van der Waals surface area contributed by atoms with Crippen molar-refractivity contribution in [2.75, 3.05) is 39.5 Å². The van der Waals surface area contributed by atoms with Gasteiger partial charge in [-0.05, 0) is 24.6 Å². The van der Waals surface area contributed by atoms with Gasteiger partial charge in [0.05, 0.1) is 19.5 Å². The summed E-state index contributed by atoms with van der Waals surface area (Å²) in [4.78, 5) is 15.9. The predicted molar refractivity (Wildman–Crippen MR) is 106 cm³/mol. The highest BCUT2D eigenvalue weighted by Gasteiger charge is 2.29. The van der Waals surface area contributed by atoms with Crippen LogP contribution in [0.25, 0.3) is 0 Å². The first-order valence-corrected chi connectivity index (χ1v) is 11.0. The number of imidazole rings is 1. The van der Waals surface area contributed by atoms with Crippen LogP contribution in [0, 0.1) is 0 Å². The van der Waals surface area contributed by atoms with Gasteiger partial charge in [-0.3, -0.25) is 4.79 Å². The van der Waals surface area contributed by atoms with E-state index in [9.17, 15) is 13.2 Å². The number of hydrogen-bond donors (Lipinski definition) is 1. The maximum atomic E-state index is 13.0. The Morgan fingerprint density at radius 2 is 2.10 bits per heavy atom. The zero-order chi connectivity index (χ0) is 20.7. The number of rotatable bonds is 9. The third-order valence-corrected chi connectivity index (χ3v) is 6.48. The number of carbonyl (C=O) groups is 1. The van der Waals surface area contributed by atoms with Gasteiger partial charge in [-0.15, -0.1) is 0 Å². The van der Waals surface area contributed by atoms with Crippen molar-refractivity contribution < 1.29 is 22.7 Å². The average molecular weight is 443 g/mol. The van der Waals surface area contributed by atoms with Crippen LogP contribution in [0.5, 0.6) is 5.75 Å². The molecule has 1 aliphatic heterocycles. The molecule has 2 heterocycles. The van der Waals surface area contributed by atoms with Gasteiger partial charge in [-0.1, -0.05) is 11.6 Å². The molecule has 1 aromatic heterocycles. The number of halogens is 1. The summed E-state index contributed by atoms with van der Waals surface area (Å²) >= 11 is 6.00. The Morgan fingerprint density at radius 1 is 1.31 bits per heavy atom. The molecule has 0 bridgehead atoms. The van der Waals surface area contributed by atoms with Crippen molar-refractivity contribution >= 4 is 27.5 Å². The van der Waals surface area contributed by atoms with E-state index >= 15 is 0 Å². The van der Waals surface area contributed by atoms with E-state index in [1.54, 1.807) is 12.5 Å². The van der Waals surface area contributed by atoms with Crippen LogP contribution in [0.1, 0.15) is 6.42 Å². The van der Waals surface area contributed by atoms with Crippen molar-refractivity contribution in [1.82, 2.24) is 19.2 Å². The summed E-state index contributed by atoms with van der Waals surface area (Å²) < 4.78 is 39.9. The standard InChI is InChI=1S/C18H23ClN4O5S/c19-15-2-3-16(17(12-15)29(25,26)23-8-10-27-11-9-23)28-13-18(24)21-4-1-6-22-7-5-20-14-22/h2-3,5,7,12,14H,1,4,6,8-11,13H2,(H,21,24). The Balaban J connectivity index is 1.57. The predicted octanol–water partition coefficient (Wildman–Crippen LogP) is 1.14. The number of nitrogens with zero attached hydrogens (tertiary/aromatic N) is 3. The lowest BCUT2D eigenvalue weighted by Gasteiger charge is -2.26. The largest absolute Gasteiger partial charge is 0.482 e. The summed E-state index contributed by atoms with van der Waals surface area (Å²) in [6, 6.07) is 4.32. The number of benzene rings is 1. The van der Waals surface area contributed by atoms with Crippen LogP contribution in [0.15, 0.2) is 41.8 Å². The molecule has 0 spiro atoms. The fourth-order valence-corrected chi connectivity index (χ4v) is 4.63. The van der Waals surface area contributed by atoms with E-state index in [4.69, 9.17) is 21.1 Å². The summed E-state index contributed by atoms with van der Waals surface area (Å²) in [6.07, 6.45) is 5.99. The monoisotopic (exact) mass is 442 g/mol. The summed E-state index contributed by atoms with van der Waals surface area (Å²) in [6.45, 7) is 2.09. The third kappa shape index (κ3) is 5.92. The molecular formula is C18H23ClN4O5S. The molecule has 0 atom stereocenters. The summed E-state index contributed by atoms with van der Waals surface area (Å²) in [5.74, 6) is -0.241. The van der Waals surface area contributed by atoms with Gasteiger partial charge in [0.1, 0.15) is 10.6 Å². The van der Waals surface area contributed by atoms with Gasteiger partial charge in [0.2, 0.25) is 10.0 Å². The average Bonchev–Trinajstić information content (AvgIpc) is 3.24. The fourth-order valence-electron chi connectivity index (χ4n) is 2.83. The molecule has 9 nitrogen and oxygen atoms in total. The van der Waals surface area contributed by atoms with Crippen LogP contribution in [0.3, 0.4) is 0 Å². The normalized spacial score (nSPS) is 15.2. The van der Waals surface area contributed by atoms with Crippen molar-refractivity contribution in [2.45, 2.75) is 17.9 Å². The lowest BCUT2D eigenvalue weighted by atomic mass is 10.3. The summed E-state index contributed by atoms with van der Waals surface area (Å²) in [7, 11) is -3.81. The molecule has 1 saturated heterocycles. The van der Waals surface area contributed by atoms with E-state index < -0.39 is 10.0 Å². The molecule has 3 rings (SSSR count). The number of ether oxygens (including phenoxy) is 2. The lowest BCUT2D eigenvalue weighted by molar-refractivity contribution is -0.123. The first-order chi connectivity index (χ1) is 14.0. The Hall–Kier alpha value is -2.14. The van der Waals surface area contributed by atoms with Crippen molar-refractivity contribution in [3.63, 3.8) is 0 Å². The van der Waals surface area contributed by atoms with Gasteiger partial charge in [0, 0.05) is 43.6 Å². The van der Waals surface area contributed by atoms with E-state index in [2.05, 4.69) is 10.3 Å². The van der Waals surface area contributed by atoms with Gasteiger partial charge in [-0.25, -0.2) is 13.4 Å². The van der Waals surface area contributed by atoms with E-state index in [0.717, 1.165) is 13.0 Å². The smallest absolute Gasteiger partial charge is 0.257 e. The second kappa shape index (κ2) is 10.1. The molecule has 11 heteroatoms. The first kappa shape index (κ1) is 21.6. The Bertz CT molecular complexity index is 914. The molecular weight excluding hydrogens is 420 g/mol. The molecule has 0 aliphatic carbocycles. The molecule has 2 aromatic rings. The molecule has 1 fully saturated rings. The highest BCUT2D eigenvalue weighted by Crippen LogP contribution is 2.30. The quantitative estimate of drug-likeness (QED) is 0.584. The first-order valence-electron chi connectivity index (χ1n) is 9.19. The molecule has 1 N–H and O–H groups in total. The topological polar surface area (TPSA) is 103 Å². The van der Waals surface area contributed by atoms with Gasteiger partial charge in [0.25, 0.3) is 5.91 Å². The van der Waals surface area contributed by atoms with Gasteiger partial charge in [-0.2, -0.15) is 4.31 Å². The fraction of sp³-hybridized carbons (Fsp3) is 0.444. The number of nitrogens with one attached hydrogen (secondary N) is 1. The summed E-state index contributed by atoms with van der Waals surface area (Å²) in [5.41, 5.74) is 0. The van der Waals surface area contributed by atoms with Crippen LogP contribution >= 0.6 is 11.6 Å². The number of carbonyl (C=O) groups excluding carboxylic acids is 1. The van der Waals surface area contributed by atoms with Crippen LogP contribution in [0.2, 0.25) is 5.02 Å². The highest BCUT2D eigenvalue weighted by atomic mass is 35.5. The maximum Gasteiger partial charge on any atom is 0.257 e. The van der Waals surface area contributed by atoms with E-state index in [1.165, 1.54) is 22.5 Å².